The SMILES string of the molecule is CCCCCCCCn1c(O)c(C(=O)Cc2cc(=O)n3[nH]cnc3c2)c(=O)n(CCCCCCCC)c1=O. The molecule has 0 aliphatic heterocycles. The largest absolute Gasteiger partial charge is 0.494 e. The number of carbonyl (C=O) groups is 1. The molecule has 208 valence electrons. The summed E-state index contributed by atoms with van der Waals surface area (Å²) in [6.45, 7) is 4.72. The fraction of sp³-hybridized carbons (Fsp3) is 0.607. The smallest absolute Gasteiger partial charge is 0.333 e. The maximum atomic E-state index is 13.3. The minimum atomic E-state index is -0.775. The molecular weight excluding hydrogens is 486 g/mol. The van der Waals surface area contributed by atoms with E-state index in [1.807, 2.05) is 0 Å². The monoisotopic (exact) mass is 527 g/mol. The number of hydrogen-bond donors (Lipinski definition) is 2. The van der Waals surface area contributed by atoms with Crippen LogP contribution in [0.3, 0.4) is 0 Å². The van der Waals surface area contributed by atoms with E-state index in [4.69, 9.17) is 0 Å². The Kier molecular flexibility index (Phi) is 11.1. The Morgan fingerprint density at radius 2 is 1.42 bits per heavy atom. The van der Waals surface area contributed by atoms with Crippen molar-refractivity contribution in [1.82, 2.24) is 23.7 Å². The minimum absolute atomic E-state index is 0.196. The zero-order valence-corrected chi connectivity index (χ0v) is 22.7. The summed E-state index contributed by atoms with van der Waals surface area (Å²) in [6, 6.07) is 2.87. The van der Waals surface area contributed by atoms with E-state index in [-0.39, 0.29) is 25.1 Å². The van der Waals surface area contributed by atoms with Crippen molar-refractivity contribution in [1.29, 1.82) is 0 Å². The number of unbranched alkanes of at least 4 members (excludes halogenated alkanes) is 10. The highest BCUT2D eigenvalue weighted by Gasteiger charge is 2.24. The molecule has 10 nitrogen and oxygen atoms in total. The summed E-state index contributed by atoms with van der Waals surface area (Å²) in [5, 5.41) is 13.7. The van der Waals surface area contributed by atoms with E-state index >= 15 is 0 Å². The Labute approximate surface area is 222 Å². The molecule has 3 aromatic heterocycles. The third-order valence-corrected chi connectivity index (χ3v) is 6.97. The fourth-order valence-corrected chi connectivity index (χ4v) is 4.79. The molecular formula is C28H41N5O5. The Morgan fingerprint density at radius 3 is 2.05 bits per heavy atom. The van der Waals surface area contributed by atoms with Gasteiger partial charge in [0.25, 0.3) is 11.1 Å². The van der Waals surface area contributed by atoms with Gasteiger partial charge >= 0.3 is 5.69 Å². The second-order valence-electron chi connectivity index (χ2n) is 10.0. The Balaban J connectivity index is 1.87. The molecule has 0 spiro atoms. The van der Waals surface area contributed by atoms with Crippen molar-refractivity contribution in [3.63, 3.8) is 0 Å². The lowest BCUT2D eigenvalue weighted by molar-refractivity contribution is 0.0985. The van der Waals surface area contributed by atoms with Gasteiger partial charge in [-0.25, -0.2) is 14.3 Å². The predicted octanol–water partition coefficient (Wildman–Crippen LogP) is 4.20. The van der Waals surface area contributed by atoms with Gasteiger partial charge in [0.05, 0.1) is 0 Å². The molecule has 0 radical (unpaired) electrons. The minimum Gasteiger partial charge on any atom is -0.494 e. The molecule has 38 heavy (non-hydrogen) atoms. The Bertz CT molecular complexity index is 1380. The standard InChI is InChI=1S/C28H41N5O5/c1-3-5-7-9-11-13-15-31-26(36)25(27(37)32(28(31)38)16-14-12-10-8-6-4-2)22(34)17-21-18-23-29-20-30-33(23)24(35)19-21/h18-20,36H,3-17H2,1-2H3,(H,29,30). The second-order valence-corrected chi connectivity index (χ2v) is 10.0. The van der Waals surface area contributed by atoms with Crippen LogP contribution >= 0.6 is 0 Å². The van der Waals surface area contributed by atoms with E-state index in [1.54, 1.807) is 6.07 Å². The molecule has 0 aliphatic carbocycles. The van der Waals surface area contributed by atoms with Gasteiger partial charge in [0, 0.05) is 25.6 Å². The number of rotatable bonds is 17. The summed E-state index contributed by atoms with van der Waals surface area (Å²) in [5.74, 6) is -1.23. The number of H-pyrrole nitrogens is 1. The van der Waals surface area contributed by atoms with E-state index < -0.39 is 28.5 Å². The zero-order valence-electron chi connectivity index (χ0n) is 22.7. The van der Waals surface area contributed by atoms with Gasteiger partial charge in [0.2, 0.25) is 5.88 Å². The van der Waals surface area contributed by atoms with Crippen molar-refractivity contribution >= 4 is 11.4 Å². The third-order valence-electron chi connectivity index (χ3n) is 6.97. The highest BCUT2D eigenvalue weighted by atomic mass is 16.3. The number of nitrogens with zero attached hydrogens (tertiary/aromatic N) is 4. The number of nitrogens with one attached hydrogen (secondary N) is 1. The van der Waals surface area contributed by atoms with Gasteiger partial charge in [-0.1, -0.05) is 78.1 Å². The average Bonchev–Trinajstić information content (AvgIpc) is 3.36. The van der Waals surface area contributed by atoms with Crippen LogP contribution in [0.4, 0.5) is 0 Å². The number of aromatic hydroxyl groups is 1. The van der Waals surface area contributed by atoms with Crippen LogP contribution in [-0.4, -0.2) is 34.6 Å². The molecule has 0 saturated carbocycles. The number of pyridine rings is 1. The molecule has 0 aromatic carbocycles. The Morgan fingerprint density at radius 1 is 0.842 bits per heavy atom. The van der Waals surface area contributed by atoms with E-state index in [1.165, 1.54) is 16.9 Å². The van der Waals surface area contributed by atoms with Crippen molar-refractivity contribution in [2.24, 2.45) is 0 Å². The maximum absolute atomic E-state index is 13.3. The zero-order chi connectivity index (χ0) is 27.5. The molecule has 0 unspecified atom stereocenters. The molecule has 3 aromatic rings. The highest BCUT2D eigenvalue weighted by Crippen LogP contribution is 2.16. The predicted molar refractivity (Wildman–Crippen MR) is 147 cm³/mol. The summed E-state index contributed by atoms with van der Waals surface area (Å²) in [6.07, 6.45) is 13.0. The first-order chi connectivity index (χ1) is 18.4. The van der Waals surface area contributed by atoms with Crippen molar-refractivity contribution in [2.75, 3.05) is 0 Å². The van der Waals surface area contributed by atoms with Crippen molar-refractivity contribution in [2.45, 2.75) is 110 Å². The van der Waals surface area contributed by atoms with Crippen molar-refractivity contribution in [3.8, 4) is 5.88 Å². The van der Waals surface area contributed by atoms with E-state index in [9.17, 15) is 24.3 Å². The van der Waals surface area contributed by atoms with Crippen molar-refractivity contribution in [3.05, 3.63) is 60.8 Å². The lowest BCUT2D eigenvalue weighted by atomic mass is 10.0. The van der Waals surface area contributed by atoms with Gasteiger partial charge in [0.1, 0.15) is 11.9 Å². The summed E-state index contributed by atoms with van der Waals surface area (Å²) >= 11 is 0. The summed E-state index contributed by atoms with van der Waals surface area (Å²) in [5.41, 5.74) is -1.42. The van der Waals surface area contributed by atoms with Crippen LogP contribution in [0, 0.1) is 0 Å². The van der Waals surface area contributed by atoms with Gasteiger partial charge in [-0.2, -0.15) is 0 Å². The van der Waals surface area contributed by atoms with Crippen LogP contribution in [0.5, 0.6) is 5.88 Å². The van der Waals surface area contributed by atoms with Gasteiger partial charge in [-0.3, -0.25) is 28.6 Å². The Hall–Kier alpha value is -3.43. The number of hydrogen-bond acceptors (Lipinski definition) is 6. The first-order valence-electron chi connectivity index (χ1n) is 14.0. The molecule has 3 heterocycles. The van der Waals surface area contributed by atoms with E-state index in [2.05, 4.69) is 23.9 Å². The first kappa shape index (κ1) is 29.1. The molecule has 0 amide bonds. The molecule has 2 N–H and O–H groups in total. The van der Waals surface area contributed by atoms with Crippen LogP contribution < -0.4 is 16.8 Å². The fourth-order valence-electron chi connectivity index (χ4n) is 4.79. The van der Waals surface area contributed by atoms with E-state index in [0.717, 1.165) is 73.3 Å². The number of Topliss-reactive ketones (excluding diaryl/α,β-unsaturated/α-hetero) is 1. The number of aromatic amines is 1. The van der Waals surface area contributed by atoms with Gasteiger partial charge in [-0.15, -0.1) is 0 Å². The van der Waals surface area contributed by atoms with Crippen LogP contribution in [-0.2, 0) is 19.5 Å². The summed E-state index contributed by atoms with van der Waals surface area (Å²) in [4.78, 5) is 56.3. The maximum Gasteiger partial charge on any atom is 0.333 e. The molecule has 0 fully saturated rings. The molecule has 0 atom stereocenters. The van der Waals surface area contributed by atoms with Crippen molar-refractivity contribution < 1.29 is 9.90 Å². The van der Waals surface area contributed by atoms with E-state index in [0.29, 0.717) is 24.1 Å². The van der Waals surface area contributed by atoms with Crippen LogP contribution in [0.25, 0.3) is 5.65 Å². The molecule has 0 aliphatic rings. The van der Waals surface area contributed by atoms with Crippen LogP contribution in [0.2, 0.25) is 0 Å². The summed E-state index contributed by atoms with van der Waals surface area (Å²) < 4.78 is 3.49. The third kappa shape index (κ3) is 7.33. The molecule has 10 heteroatoms. The lowest BCUT2D eigenvalue weighted by Crippen LogP contribution is -2.43. The number of carbonyl (C=O) groups excluding carboxylic acids is 1. The highest BCUT2D eigenvalue weighted by molar-refractivity contribution is 5.99. The topological polar surface area (TPSA) is 131 Å². The molecule has 3 rings (SSSR count). The molecule has 0 bridgehead atoms. The molecule has 0 saturated heterocycles. The number of fused-ring (bicyclic) bond motifs is 1. The van der Waals surface area contributed by atoms with Gasteiger partial charge < -0.3 is 5.11 Å². The van der Waals surface area contributed by atoms with Crippen LogP contribution in [0.15, 0.2) is 32.8 Å². The normalized spacial score (nSPS) is 11.4. The average molecular weight is 528 g/mol. The van der Waals surface area contributed by atoms with Gasteiger partial charge in [0.15, 0.2) is 11.4 Å². The second kappa shape index (κ2) is 14.5. The first-order valence-corrected chi connectivity index (χ1v) is 14.0. The van der Waals surface area contributed by atoms with Crippen LogP contribution in [0.1, 0.15) is 107 Å². The number of aromatic nitrogens is 5. The number of ketones is 1. The lowest BCUT2D eigenvalue weighted by Gasteiger charge is -2.15. The quantitative estimate of drug-likeness (QED) is 0.200. The van der Waals surface area contributed by atoms with Gasteiger partial charge in [-0.05, 0) is 24.5 Å². The summed E-state index contributed by atoms with van der Waals surface area (Å²) in [7, 11) is 0.